The van der Waals surface area contributed by atoms with Crippen LogP contribution in [0.2, 0.25) is 0 Å². The molecule has 2 spiro atoms. The Morgan fingerprint density at radius 3 is 2.52 bits per heavy atom. The number of hydrogen-bond acceptors (Lipinski definition) is 6. The highest BCUT2D eigenvalue weighted by Crippen LogP contribution is 2.87. The molecule has 0 aromatic carbocycles. The monoisotopic (exact) mass is 561 g/mol. The van der Waals surface area contributed by atoms with Gasteiger partial charge in [0.25, 0.3) is 0 Å². The van der Waals surface area contributed by atoms with E-state index in [1.165, 1.54) is 57.8 Å². The fourth-order valence-electron chi connectivity index (χ4n) is 12.5. The number of aliphatic hydroxyl groups is 1. The maximum Gasteiger partial charge on any atom is 0.170 e. The van der Waals surface area contributed by atoms with E-state index < -0.39 is 5.60 Å². The highest BCUT2D eigenvalue weighted by Gasteiger charge is 2.80. The van der Waals surface area contributed by atoms with Crippen LogP contribution in [0.15, 0.2) is 0 Å². The molecule has 12 atom stereocenters. The summed E-state index contributed by atoms with van der Waals surface area (Å²) in [6, 6.07) is 0. The molecule has 0 bridgehead atoms. The average Bonchev–Trinajstić information content (AvgIpc) is 3.49. The van der Waals surface area contributed by atoms with Crippen molar-refractivity contribution in [3.63, 3.8) is 0 Å². The van der Waals surface area contributed by atoms with Crippen molar-refractivity contribution in [3.8, 4) is 0 Å². The Morgan fingerprint density at radius 1 is 1.00 bits per heavy atom. The largest absolute Gasteiger partial charge is 0.388 e. The summed E-state index contributed by atoms with van der Waals surface area (Å²) in [4.78, 5) is 0. The van der Waals surface area contributed by atoms with Crippen LogP contribution in [0.3, 0.4) is 0 Å². The second kappa shape index (κ2) is 9.63. The van der Waals surface area contributed by atoms with Crippen LogP contribution < -0.4 is 5.32 Å². The second-order valence-electron chi connectivity index (χ2n) is 16.5. The maximum atomic E-state index is 10.9. The molecule has 0 radical (unpaired) electrons. The van der Waals surface area contributed by atoms with E-state index in [4.69, 9.17) is 18.9 Å². The van der Waals surface area contributed by atoms with Gasteiger partial charge in [-0.1, -0.05) is 20.8 Å². The fraction of sp³-hybridized carbons (Fsp3) is 1.00. The van der Waals surface area contributed by atoms with Gasteiger partial charge >= 0.3 is 0 Å². The van der Waals surface area contributed by atoms with E-state index in [1.807, 2.05) is 20.8 Å². The second-order valence-corrected chi connectivity index (χ2v) is 16.5. The SMILES string of the molecule is CCO[C@@H](C1CCC2C(CC3C4CCC5C(C)(C)[C@@H](OC6CNCCO6)CC[C@@]56CC46CC[C@]23C)O1)C(C)(C)O.[HH]. The summed E-state index contributed by atoms with van der Waals surface area (Å²) >= 11 is 0. The third-order valence-electron chi connectivity index (χ3n) is 14.1. The molecule has 6 heteroatoms. The van der Waals surface area contributed by atoms with Gasteiger partial charge in [0.2, 0.25) is 0 Å². The molecule has 2 heterocycles. The number of morpholine rings is 1. The van der Waals surface area contributed by atoms with Gasteiger partial charge in [0.05, 0.1) is 30.5 Å². The summed E-state index contributed by atoms with van der Waals surface area (Å²) in [5, 5.41) is 14.3. The van der Waals surface area contributed by atoms with E-state index in [0.717, 1.165) is 43.9 Å². The molecule has 5 saturated carbocycles. The van der Waals surface area contributed by atoms with Crippen LogP contribution in [0.5, 0.6) is 0 Å². The first kappa shape index (κ1) is 28.5. The first-order valence-corrected chi connectivity index (χ1v) is 16.9. The van der Waals surface area contributed by atoms with Crippen LogP contribution in [0.1, 0.15) is 107 Å². The van der Waals surface area contributed by atoms with Crippen LogP contribution in [-0.4, -0.2) is 67.7 Å². The zero-order valence-corrected chi connectivity index (χ0v) is 26.2. The average molecular weight is 562 g/mol. The van der Waals surface area contributed by atoms with Crippen LogP contribution in [-0.2, 0) is 18.9 Å². The predicted molar refractivity (Wildman–Crippen MR) is 157 cm³/mol. The Labute approximate surface area is 244 Å². The zero-order valence-electron chi connectivity index (χ0n) is 26.2. The van der Waals surface area contributed by atoms with Gasteiger partial charge < -0.3 is 29.4 Å². The van der Waals surface area contributed by atoms with Gasteiger partial charge in [-0.2, -0.15) is 0 Å². The third kappa shape index (κ3) is 4.01. The van der Waals surface area contributed by atoms with E-state index >= 15 is 0 Å². The molecule has 5 aliphatic carbocycles. The highest BCUT2D eigenvalue weighted by molar-refractivity contribution is 5.29. The zero-order chi connectivity index (χ0) is 28.1. The molecule has 7 fully saturated rings. The van der Waals surface area contributed by atoms with Gasteiger partial charge in [-0.25, -0.2) is 0 Å². The molecule has 2 aliphatic heterocycles. The minimum atomic E-state index is -0.888. The van der Waals surface area contributed by atoms with Crippen molar-refractivity contribution in [2.24, 2.45) is 45.3 Å². The standard InChI is InChI=1S/C34H57NO5.H2/c1-7-37-29(31(4,5)36)24-10-8-22-25(39-24)18-23-21-9-11-26-30(2,3)27(40-28-19-35-16-17-38-28)12-13-34(26)20-33(21,34)15-14-32(22,23)6;/h21-29,35-36H,7-20H2,1-6H3;1H/t21?,22?,23?,24?,25?,26?,27-,28?,29-,32+,33?,34+;/m0./s1. The molecule has 40 heavy (non-hydrogen) atoms. The number of hydrogen-bond donors (Lipinski definition) is 2. The normalized spacial score (nSPS) is 52.0. The Bertz CT molecular complexity index is 965. The first-order valence-electron chi connectivity index (χ1n) is 16.9. The van der Waals surface area contributed by atoms with Crippen molar-refractivity contribution in [2.75, 3.05) is 26.3 Å². The number of fused-ring (bicyclic) bond motifs is 4. The fourth-order valence-corrected chi connectivity index (χ4v) is 12.5. The maximum absolute atomic E-state index is 10.9. The summed E-state index contributed by atoms with van der Waals surface area (Å²) in [5.74, 6) is 3.05. The molecule has 7 rings (SSSR count). The van der Waals surface area contributed by atoms with Crippen LogP contribution in [0.4, 0.5) is 0 Å². The summed E-state index contributed by atoms with van der Waals surface area (Å²) in [5.41, 5.74) is 0.795. The summed E-state index contributed by atoms with van der Waals surface area (Å²) in [6.07, 6.45) is 13.3. The molecule has 0 aromatic heterocycles. The lowest BCUT2D eigenvalue weighted by molar-refractivity contribution is -0.232. The lowest BCUT2D eigenvalue weighted by Gasteiger charge is -2.60. The Kier molecular flexibility index (Phi) is 6.87. The lowest BCUT2D eigenvalue weighted by atomic mass is 9.46. The molecule has 7 aliphatic rings. The van der Waals surface area contributed by atoms with Crippen LogP contribution in [0, 0.1) is 45.3 Å². The van der Waals surface area contributed by atoms with Crippen LogP contribution in [0.25, 0.3) is 0 Å². The van der Waals surface area contributed by atoms with E-state index in [0.29, 0.717) is 41.0 Å². The predicted octanol–water partition coefficient (Wildman–Crippen LogP) is 5.95. The van der Waals surface area contributed by atoms with Gasteiger partial charge in [-0.05, 0) is 130 Å². The minimum absolute atomic E-state index is 0. The number of rotatable bonds is 6. The molecule has 8 unspecified atom stereocenters. The van der Waals surface area contributed by atoms with Crippen molar-refractivity contribution in [2.45, 2.75) is 142 Å². The number of ether oxygens (including phenoxy) is 4. The Balaban J connectivity index is 0.00000302. The molecule has 0 amide bonds. The van der Waals surface area contributed by atoms with E-state index in [-0.39, 0.29) is 25.3 Å². The molecular formula is C34H59NO5. The van der Waals surface area contributed by atoms with Gasteiger partial charge in [-0.3, -0.25) is 0 Å². The minimum Gasteiger partial charge on any atom is -0.388 e. The molecule has 2 saturated heterocycles. The van der Waals surface area contributed by atoms with Crippen molar-refractivity contribution >= 4 is 0 Å². The van der Waals surface area contributed by atoms with E-state index in [2.05, 4.69) is 26.1 Å². The third-order valence-corrected chi connectivity index (χ3v) is 14.1. The molecule has 230 valence electrons. The van der Waals surface area contributed by atoms with Gasteiger partial charge in [0.15, 0.2) is 6.29 Å². The van der Waals surface area contributed by atoms with Gasteiger partial charge in [0.1, 0.15) is 6.10 Å². The van der Waals surface area contributed by atoms with Crippen molar-refractivity contribution < 1.29 is 25.5 Å². The van der Waals surface area contributed by atoms with Crippen molar-refractivity contribution in [1.29, 1.82) is 0 Å². The van der Waals surface area contributed by atoms with Gasteiger partial charge in [-0.15, -0.1) is 0 Å². The lowest BCUT2D eigenvalue weighted by Crippen LogP contribution is -2.56. The molecule has 2 N–H and O–H groups in total. The highest BCUT2D eigenvalue weighted by atomic mass is 16.7. The van der Waals surface area contributed by atoms with E-state index in [9.17, 15) is 5.11 Å². The number of nitrogens with one attached hydrogen (secondary N) is 1. The van der Waals surface area contributed by atoms with Crippen molar-refractivity contribution in [1.82, 2.24) is 5.32 Å². The quantitative estimate of drug-likeness (QED) is 0.418. The summed E-state index contributed by atoms with van der Waals surface area (Å²) in [6.45, 7) is 16.6. The summed E-state index contributed by atoms with van der Waals surface area (Å²) in [7, 11) is 0. The Hall–Kier alpha value is -0.240. The molecular weight excluding hydrogens is 502 g/mol. The summed E-state index contributed by atoms with van der Waals surface area (Å²) < 4.78 is 25.7. The van der Waals surface area contributed by atoms with Crippen molar-refractivity contribution in [3.05, 3.63) is 0 Å². The van der Waals surface area contributed by atoms with Crippen LogP contribution >= 0.6 is 0 Å². The van der Waals surface area contributed by atoms with Gasteiger partial charge in [0, 0.05) is 21.1 Å². The smallest absolute Gasteiger partial charge is 0.170 e. The molecule has 6 nitrogen and oxygen atoms in total. The first-order chi connectivity index (χ1) is 19.0. The topological polar surface area (TPSA) is 69.2 Å². The molecule has 0 aromatic rings. The van der Waals surface area contributed by atoms with E-state index in [1.54, 1.807) is 0 Å². The Morgan fingerprint density at radius 2 is 1.80 bits per heavy atom.